The number of aromatic nitrogens is 2. The molecule has 0 bridgehead atoms. The molecule has 6 nitrogen and oxygen atoms in total. The van der Waals surface area contributed by atoms with Crippen molar-refractivity contribution in [2.45, 2.75) is 44.6 Å². The minimum absolute atomic E-state index is 0.0803. The largest absolute Gasteiger partial charge is 0.384 e. The first kappa shape index (κ1) is 17.5. The Hall–Kier alpha value is -2.34. The molecule has 1 aromatic carbocycles. The van der Waals surface area contributed by atoms with Gasteiger partial charge in [0.1, 0.15) is 5.82 Å². The summed E-state index contributed by atoms with van der Waals surface area (Å²) in [4.78, 5) is 12.2. The number of nitrogen functional groups attached to an aromatic ring is 1. The second kappa shape index (κ2) is 8.16. The number of nitrogens with one attached hydrogen (secondary N) is 1. The van der Waals surface area contributed by atoms with E-state index in [0.717, 1.165) is 49.9 Å². The lowest BCUT2D eigenvalue weighted by Crippen LogP contribution is -2.38. The maximum absolute atomic E-state index is 12.2. The van der Waals surface area contributed by atoms with Gasteiger partial charge in [0, 0.05) is 24.6 Å². The molecule has 2 atom stereocenters. The van der Waals surface area contributed by atoms with Gasteiger partial charge >= 0.3 is 0 Å². The van der Waals surface area contributed by atoms with E-state index in [1.54, 1.807) is 4.68 Å². The Labute approximate surface area is 148 Å². The van der Waals surface area contributed by atoms with Crippen LogP contribution in [-0.4, -0.2) is 28.3 Å². The predicted octanol–water partition coefficient (Wildman–Crippen LogP) is 2.02. The average Bonchev–Trinajstić information content (AvgIpc) is 3.00. The van der Waals surface area contributed by atoms with E-state index in [-0.39, 0.29) is 17.9 Å². The molecule has 1 aromatic heterocycles. The fourth-order valence-corrected chi connectivity index (χ4v) is 3.44. The van der Waals surface area contributed by atoms with Crippen molar-refractivity contribution < 1.29 is 4.79 Å². The fraction of sp³-hybridized carbons (Fsp3) is 0.474. The highest BCUT2D eigenvalue weighted by Gasteiger charge is 2.24. The Bertz CT molecular complexity index is 697. The summed E-state index contributed by atoms with van der Waals surface area (Å²) in [7, 11) is 0. The van der Waals surface area contributed by atoms with E-state index in [1.165, 1.54) is 0 Å². The van der Waals surface area contributed by atoms with Crippen LogP contribution in [0.15, 0.2) is 36.4 Å². The molecule has 0 radical (unpaired) electrons. The normalized spacial score (nSPS) is 20.4. The molecule has 2 aromatic rings. The third-order valence-electron chi connectivity index (χ3n) is 4.78. The smallest absolute Gasteiger partial charge is 0.223 e. The number of rotatable bonds is 6. The third-order valence-corrected chi connectivity index (χ3v) is 4.78. The van der Waals surface area contributed by atoms with E-state index in [1.807, 2.05) is 36.4 Å². The van der Waals surface area contributed by atoms with Crippen LogP contribution < -0.4 is 16.8 Å². The summed E-state index contributed by atoms with van der Waals surface area (Å²) < 4.78 is 1.75. The first-order chi connectivity index (χ1) is 12.1. The molecule has 1 aliphatic carbocycles. The molecule has 0 aliphatic heterocycles. The molecule has 134 valence electrons. The molecule has 2 unspecified atom stereocenters. The molecule has 25 heavy (non-hydrogen) atoms. The van der Waals surface area contributed by atoms with Gasteiger partial charge in [0.2, 0.25) is 5.91 Å². The highest BCUT2D eigenvalue weighted by atomic mass is 16.1. The summed E-state index contributed by atoms with van der Waals surface area (Å²) in [5.74, 6) is 0.850. The van der Waals surface area contributed by atoms with Gasteiger partial charge in [-0.25, -0.2) is 4.68 Å². The number of hydrogen-bond acceptors (Lipinski definition) is 4. The van der Waals surface area contributed by atoms with Crippen molar-refractivity contribution in [3.8, 4) is 5.69 Å². The van der Waals surface area contributed by atoms with Gasteiger partial charge in [0.15, 0.2) is 0 Å². The van der Waals surface area contributed by atoms with E-state index in [4.69, 9.17) is 11.5 Å². The number of nitrogens with two attached hydrogens (primary N) is 2. The van der Waals surface area contributed by atoms with Gasteiger partial charge in [0.05, 0.1) is 11.4 Å². The summed E-state index contributed by atoms with van der Waals surface area (Å²) in [6, 6.07) is 11.9. The van der Waals surface area contributed by atoms with Crippen molar-refractivity contribution in [2.24, 2.45) is 11.7 Å². The SMILES string of the molecule is Nc1cc(CCCNC(=O)C2CCCC(N)C2)nn1-c1ccccc1. The molecule has 0 spiro atoms. The number of anilines is 1. The number of aryl methyl sites for hydroxylation is 1. The Morgan fingerprint density at radius 1 is 1.28 bits per heavy atom. The van der Waals surface area contributed by atoms with Crippen LogP contribution in [0.5, 0.6) is 0 Å². The number of para-hydroxylation sites is 1. The summed E-state index contributed by atoms with van der Waals surface area (Å²) in [6.45, 7) is 0.655. The van der Waals surface area contributed by atoms with Crippen LogP contribution in [0.4, 0.5) is 5.82 Å². The Balaban J connectivity index is 1.46. The van der Waals surface area contributed by atoms with Crippen LogP contribution in [0.1, 0.15) is 37.8 Å². The molecule has 1 fully saturated rings. The molecular weight excluding hydrogens is 314 g/mol. The topological polar surface area (TPSA) is 99.0 Å². The van der Waals surface area contributed by atoms with Crippen LogP contribution in [0.2, 0.25) is 0 Å². The first-order valence-corrected chi connectivity index (χ1v) is 9.06. The van der Waals surface area contributed by atoms with Gasteiger partial charge in [0.25, 0.3) is 0 Å². The quantitative estimate of drug-likeness (QED) is 0.700. The zero-order chi connectivity index (χ0) is 17.6. The molecular formula is C19H27N5O. The lowest BCUT2D eigenvalue weighted by atomic mass is 9.85. The number of amides is 1. The number of benzene rings is 1. The Kier molecular flexibility index (Phi) is 5.71. The van der Waals surface area contributed by atoms with Gasteiger partial charge in [-0.1, -0.05) is 24.6 Å². The van der Waals surface area contributed by atoms with Crippen molar-refractivity contribution in [3.05, 3.63) is 42.1 Å². The minimum Gasteiger partial charge on any atom is -0.384 e. The predicted molar refractivity (Wildman–Crippen MR) is 99.2 cm³/mol. The zero-order valence-electron chi connectivity index (χ0n) is 14.5. The highest BCUT2D eigenvalue weighted by molar-refractivity contribution is 5.78. The van der Waals surface area contributed by atoms with Crippen molar-refractivity contribution >= 4 is 11.7 Å². The molecule has 1 amide bonds. The molecule has 3 rings (SSSR count). The second-order valence-corrected chi connectivity index (χ2v) is 6.83. The summed E-state index contributed by atoms with van der Waals surface area (Å²) in [6.07, 6.45) is 5.48. The summed E-state index contributed by atoms with van der Waals surface area (Å²) in [5.41, 5.74) is 13.9. The molecule has 1 heterocycles. The monoisotopic (exact) mass is 341 g/mol. The van der Waals surface area contributed by atoms with Crippen LogP contribution in [0.25, 0.3) is 5.69 Å². The van der Waals surface area contributed by atoms with Gasteiger partial charge in [-0.05, 0) is 44.2 Å². The number of carbonyl (C=O) groups excluding carboxylic acids is 1. The number of nitrogens with zero attached hydrogens (tertiary/aromatic N) is 2. The van der Waals surface area contributed by atoms with E-state index in [2.05, 4.69) is 10.4 Å². The van der Waals surface area contributed by atoms with Gasteiger partial charge in [-0.3, -0.25) is 4.79 Å². The van der Waals surface area contributed by atoms with Gasteiger partial charge in [-0.15, -0.1) is 0 Å². The average molecular weight is 341 g/mol. The van der Waals surface area contributed by atoms with Crippen molar-refractivity contribution in [1.82, 2.24) is 15.1 Å². The van der Waals surface area contributed by atoms with Crippen LogP contribution >= 0.6 is 0 Å². The third kappa shape index (κ3) is 4.60. The van der Waals surface area contributed by atoms with Crippen LogP contribution in [0.3, 0.4) is 0 Å². The summed E-state index contributed by atoms with van der Waals surface area (Å²) in [5, 5.41) is 7.59. The van der Waals surface area contributed by atoms with E-state index >= 15 is 0 Å². The van der Waals surface area contributed by atoms with Gasteiger partial charge < -0.3 is 16.8 Å². The van der Waals surface area contributed by atoms with E-state index < -0.39 is 0 Å². The standard InChI is InChI=1S/C19H27N5O/c20-15-7-4-6-14(12-15)19(25)22-11-5-8-16-13-18(21)24(23-16)17-9-2-1-3-10-17/h1-3,9-10,13-15H,4-8,11-12,20-21H2,(H,22,25). The maximum Gasteiger partial charge on any atom is 0.223 e. The number of carbonyl (C=O) groups is 1. The van der Waals surface area contributed by atoms with Gasteiger partial charge in [-0.2, -0.15) is 5.10 Å². The van der Waals surface area contributed by atoms with Crippen molar-refractivity contribution in [2.75, 3.05) is 12.3 Å². The van der Waals surface area contributed by atoms with Crippen LogP contribution in [-0.2, 0) is 11.2 Å². The van der Waals surface area contributed by atoms with E-state index in [0.29, 0.717) is 12.4 Å². The molecule has 1 saturated carbocycles. The molecule has 6 heteroatoms. The lowest BCUT2D eigenvalue weighted by molar-refractivity contribution is -0.126. The number of hydrogen-bond donors (Lipinski definition) is 3. The first-order valence-electron chi connectivity index (χ1n) is 9.06. The Morgan fingerprint density at radius 3 is 2.84 bits per heavy atom. The molecule has 5 N–H and O–H groups in total. The Morgan fingerprint density at radius 2 is 2.08 bits per heavy atom. The van der Waals surface area contributed by atoms with Crippen LogP contribution in [0, 0.1) is 5.92 Å². The molecule has 0 saturated heterocycles. The highest BCUT2D eigenvalue weighted by Crippen LogP contribution is 2.23. The molecule has 1 aliphatic rings. The lowest BCUT2D eigenvalue weighted by Gasteiger charge is -2.25. The zero-order valence-corrected chi connectivity index (χ0v) is 14.5. The van der Waals surface area contributed by atoms with Crippen molar-refractivity contribution in [1.29, 1.82) is 0 Å². The van der Waals surface area contributed by atoms with Crippen molar-refractivity contribution in [3.63, 3.8) is 0 Å². The second-order valence-electron chi connectivity index (χ2n) is 6.83. The van der Waals surface area contributed by atoms with E-state index in [9.17, 15) is 4.79 Å². The summed E-state index contributed by atoms with van der Waals surface area (Å²) >= 11 is 0. The maximum atomic E-state index is 12.2. The minimum atomic E-state index is 0.0803. The fourth-order valence-electron chi connectivity index (χ4n) is 3.44.